The summed E-state index contributed by atoms with van der Waals surface area (Å²) in [6.07, 6.45) is 1.78. The Labute approximate surface area is 124 Å². The van der Waals surface area contributed by atoms with Gasteiger partial charge in [0.25, 0.3) is 0 Å². The SMILES string of the molecule is COCCOc1ccc(CNc2nc(C)cc(C)n2)cn1. The van der Waals surface area contributed by atoms with E-state index in [1.807, 2.05) is 32.0 Å². The molecule has 0 amide bonds. The summed E-state index contributed by atoms with van der Waals surface area (Å²) in [7, 11) is 1.64. The van der Waals surface area contributed by atoms with Crippen LogP contribution in [-0.4, -0.2) is 35.3 Å². The molecule has 0 saturated carbocycles. The number of hydrogen-bond donors (Lipinski definition) is 1. The van der Waals surface area contributed by atoms with Crippen molar-refractivity contribution < 1.29 is 9.47 Å². The summed E-state index contributed by atoms with van der Waals surface area (Å²) >= 11 is 0. The molecule has 2 heterocycles. The Morgan fingerprint density at radius 2 is 1.86 bits per heavy atom. The molecule has 112 valence electrons. The van der Waals surface area contributed by atoms with Crippen molar-refractivity contribution in [3.8, 4) is 5.88 Å². The van der Waals surface area contributed by atoms with Crippen LogP contribution in [0.1, 0.15) is 17.0 Å². The van der Waals surface area contributed by atoms with Crippen LogP contribution in [0.3, 0.4) is 0 Å². The highest BCUT2D eigenvalue weighted by Crippen LogP contribution is 2.10. The number of aromatic nitrogens is 3. The minimum absolute atomic E-state index is 0.498. The summed E-state index contributed by atoms with van der Waals surface area (Å²) in [5.74, 6) is 1.23. The molecular formula is C15H20N4O2. The lowest BCUT2D eigenvalue weighted by molar-refractivity contribution is 0.143. The second kappa shape index (κ2) is 7.54. The van der Waals surface area contributed by atoms with Gasteiger partial charge < -0.3 is 14.8 Å². The number of anilines is 1. The first kappa shape index (κ1) is 15.2. The Morgan fingerprint density at radius 1 is 1.10 bits per heavy atom. The zero-order valence-electron chi connectivity index (χ0n) is 12.6. The number of aryl methyl sites for hydroxylation is 2. The van der Waals surface area contributed by atoms with E-state index < -0.39 is 0 Å². The topological polar surface area (TPSA) is 69.2 Å². The quantitative estimate of drug-likeness (QED) is 0.787. The van der Waals surface area contributed by atoms with E-state index in [1.54, 1.807) is 13.3 Å². The largest absolute Gasteiger partial charge is 0.475 e. The predicted octanol–water partition coefficient (Wildman–Crippen LogP) is 2.13. The Balaban J connectivity index is 1.88. The second-order valence-corrected chi connectivity index (χ2v) is 4.67. The first-order valence-electron chi connectivity index (χ1n) is 6.80. The molecular weight excluding hydrogens is 268 g/mol. The molecule has 0 aliphatic heterocycles. The highest BCUT2D eigenvalue weighted by Gasteiger charge is 2.01. The van der Waals surface area contributed by atoms with E-state index in [9.17, 15) is 0 Å². The molecule has 0 aliphatic carbocycles. The molecule has 0 atom stereocenters. The van der Waals surface area contributed by atoms with E-state index in [4.69, 9.17) is 9.47 Å². The van der Waals surface area contributed by atoms with Crippen LogP contribution in [0, 0.1) is 13.8 Å². The van der Waals surface area contributed by atoms with Gasteiger partial charge in [0.05, 0.1) is 6.61 Å². The van der Waals surface area contributed by atoms with Crippen LogP contribution in [0.15, 0.2) is 24.4 Å². The minimum atomic E-state index is 0.498. The first-order chi connectivity index (χ1) is 10.2. The van der Waals surface area contributed by atoms with Crippen LogP contribution >= 0.6 is 0 Å². The number of nitrogens with one attached hydrogen (secondary N) is 1. The van der Waals surface area contributed by atoms with E-state index in [0.717, 1.165) is 17.0 Å². The van der Waals surface area contributed by atoms with Crippen LogP contribution in [-0.2, 0) is 11.3 Å². The van der Waals surface area contributed by atoms with Gasteiger partial charge in [-0.3, -0.25) is 0 Å². The van der Waals surface area contributed by atoms with Gasteiger partial charge in [-0.1, -0.05) is 6.07 Å². The van der Waals surface area contributed by atoms with E-state index in [0.29, 0.717) is 31.6 Å². The van der Waals surface area contributed by atoms with E-state index >= 15 is 0 Å². The van der Waals surface area contributed by atoms with Crippen LogP contribution < -0.4 is 10.1 Å². The van der Waals surface area contributed by atoms with Crippen molar-refractivity contribution in [1.29, 1.82) is 0 Å². The van der Waals surface area contributed by atoms with Crippen molar-refractivity contribution in [2.24, 2.45) is 0 Å². The zero-order valence-corrected chi connectivity index (χ0v) is 12.6. The highest BCUT2D eigenvalue weighted by atomic mass is 16.5. The maximum Gasteiger partial charge on any atom is 0.223 e. The minimum Gasteiger partial charge on any atom is -0.475 e. The summed E-state index contributed by atoms with van der Waals surface area (Å²) in [5.41, 5.74) is 2.94. The standard InChI is InChI=1S/C15H20N4O2/c1-11-8-12(2)19-15(18-11)17-10-13-4-5-14(16-9-13)21-7-6-20-3/h4-5,8-9H,6-7,10H2,1-3H3,(H,17,18,19). The van der Waals surface area contributed by atoms with Gasteiger partial charge in [0.2, 0.25) is 11.8 Å². The average molecular weight is 288 g/mol. The molecule has 6 nitrogen and oxygen atoms in total. The fraction of sp³-hybridized carbons (Fsp3) is 0.400. The van der Waals surface area contributed by atoms with Gasteiger partial charge in [-0.25, -0.2) is 15.0 Å². The molecule has 0 aromatic carbocycles. The Hall–Kier alpha value is -2.21. The number of rotatable bonds is 7. The Bertz CT molecular complexity index is 552. The van der Waals surface area contributed by atoms with Gasteiger partial charge in [0.1, 0.15) is 6.61 Å². The lowest BCUT2D eigenvalue weighted by Gasteiger charge is -2.08. The molecule has 0 unspecified atom stereocenters. The molecule has 21 heavy (non-hydrogen) atoms. The molecule has 2 rings (SSSR count). The van der Waals surface area contributed by atoms with Crippen molar-refractivity contribution in [1.82, 2.24) is 15.0 Å². The highest BCUT2D eigenvalue weighted by molar-refractivity contribution is 5.30. The molecule has 6 heteroatoms. The normalized spacial score (nSPS) is 10.4. The van der Waals surface area contributed by atoms with Crippen molar-refractivity contribution in [2.75, 3.05) is 25.6 Å². The molecule has 2 aromatic heterocycles. The van der Waals surface area contributed by atoms with Crippen molar-refractivity contribution in [2.45, 2.75) is 20.4 Å². The van der Waals surface area contributed by atoms with Crippen LogP contribution in [0.2, 0.25) is 0 Å². The fourth-order valence-electron chi connectivity index (χ4n) is 1.82. The molecule has 0 fully saturated rings. The molecule has 0 saturated heterocycles. The van der Waals surface area contributed by atoms with Crippen molar-refractivity contribution in [3.05, 3.63) is 41.3 Å². The molecule has 2 aromatic rings. The lowest BCUT2D eigenvalue weighted by Crippen LogP contribution is -2.07. The number of pyridine rings is 1. The summed E-state index contributed by atoms with van der Waals surface area (Å²) in [4.78, 5) is 12.9. The van der Waals surface area contributed by atoms with Crippen LogP contribution in [0.25, 0.3) is 0 Å². The third kappa shape index (κ3) is 5.00. The monoisotopic (exact) mass is 288 g/mol. The predicted molar refractivity (Wildman–Crippen MR) is 80.4 cm³/mol. The molecule has 1 N–H and O–H groups in total. The maximum atomic E-state index is 5.41. The Kier molecular flexibility index (Phi) is 5.45. The van der Waals surface area contributed by atoms with E-state index in [2.05, 4.69) is 20.3 Å². The van der Waals surface area contributed by atoms with Crippen molar-refractivity contribution in [3.63, 3.8) is 0 Å². The smallest absolute Gasteiger partial charge is 0.223 e. The van der Waals surface area contributed by atoms with Crippen molar-refractivity contribution >= 4 is 5.95 Å². The summed E-state index contributed by atoms with van der Waals surface area (Å²) in [6.45, 7) is 5.57. The van der Waals surface area contributed by atoms with Gasteiger partial charge in [-0.05, 0) is 25.5 Å². The second-order valence-electron chi connectivity index (χ2n) is 4.67. The number of nitrogens with zero attached hydrogens (tertiary/aromatic N) is 3. The van der Waals surface area contributed by atoms with Gasteiger partial charge >= 0.3 is 0 Å². The molecule has 0 radical (unpaired) electrons. The summed E-state index contributed by atoms with van der Waals surface area (Å²) in [5, 5.41) is 3.19. The molecule has 0 aliphatic rings. The Morgan fingerprint density at radius 3 is 2.48 bits per heavy atom. The first-order valence-corrected chi connectivity index (χ1v) is 6.80. The van der Waals surface area contributed by atoms with Gasteiger partial charge in [0, 0.05) is 37.3 Å². The average Bonchev–Trinajstić information content (AvgIpc) is 2.46. The van der Waals surface area contributed by atoms with E-state index in [1.165, 1.54) is 0 Å². The number of hydrogen-bond acceptors (Lipinski definition) is 6. The van der Waals surface area contributed by atoms with Gasteiger partial charge in [-0.15, -0.1) is 0 Å². The third-order valence-corrected chi connectivity index (χ3v) is 2.77. The maximum absolute atomic E-state index is 5.41. The third-order valence-electron chi connectivity index (χ3n) is 2.77. The fourth-order valence-corrected chi connectivity index (χ4v) is 1.82. The van der Waals surface area contributed by atoms with Gasteiger partial charge in [-0.2, -0.15) is 0 Å². The number of ether oxygens (including phenoxy) is 2. The van der Waals surface area contributed by atoms with Crippen LogP contribution in [0.5, 0.6) is 5.88 Å². The van der Waals surface area contributed by atoms with E-state index in [-0.39, 0.29) is 0 Å². The molecule has 0 bridgehead atoms. The lowest BCUT2D eigenvalue weighted by atomic mass is 10.3. The summed E-state index contributed by atoms with van der Waals surface area (Å²) in [6, 6.07) is 5.75. The zero-order chi connectivity index (χ0) is 15.1. The summed E-state index contributed by atoms with van der Waals surface area (Å²) < 4.78 is 10.3. The van der Waals surface area contributed by atoms with Gasteiger partial charge in [0.15, 0.2) is 0 Å². The number of methoxy groups -OCH3 is 1. The van der Waals surface area contributed by atoms with Crippen LogP contribution in [0.4, 0.5) is 5.95 Å². The molecule has 0 spiro atoms.